The number of para-hydroxylation sites is 1. The number of nitrogens with two attached hydrogens (primary N) is 1. The second-order valence-corrected chi connectivity index (χ2v) is 5.47. The third-order valence-electron chi connectivity index (χ3n) is 2.81. The van der Waals surface area contributed by atoms with Gasteiger partial charge >= 0.3 is 0 Å². The van der Waals surface area contributed by atoms with Crippen LogP contribution in [-0.2, 0) is 11.2 Å². The Balaban J connectivity index is 0.00000242. The minimum atomic E-state index is -0.308. The Kier molecular flexibility index (Phi) is 7.37. The summed E-state index contributed by atoms with van der Waals surface area (Å²) in [6, 6.07) is 7.43. The summed E-state index contributed by atoms with van der Waals surface area (Å²) >= 11 is 1.19. The summed E-state index contributed by atoms with van der Waals surface area (Å²) in [6.07, 6.45) is 0.866. The molecular formula is C14H19ClN4O2S. The van der Waals surface area contributed by atoms with Gasteiger partial charge in [-0.15, -0.1) is 22.6 Å². The number of thioether (sulfide) groups is 1. The monoisotopic (exact) mass is 342 g/mol. The van der Waals surface area contributed by atoms with Gasteiger partial charge in [-0.1, -0.05) is 36.9 Å². The molecule has 6 nitrogen and oxygen atoms in total. The molecule has 0 bridgehead atoms. The summed E-state index contributed by atoms with van der Waals surface area (Å²) in [5.74, 6) is 0.467. The fraction of sp³-hybridized carbons (Fsp3) is 0.357. The van der Waals surface area contributed by atoms with E-state index < -0.39 is 0 Å². The minimum absolute atomic E-state index is 0. The third-order valence-corrected chi connectivity index (χ3v) is 3.63. The highest BCUT2D eigenvalue weighted by Crippen LogP contribution is 2.20. The molecule has 1 unspecified atom stereocenters. The van der Waals surface area contributed by atoms with E-state index in [1.807, 2.05) is 31.2 Å². The molecule has 0 fully saturated rings. The molecule has 0 aliphatic rings. The van der Waals surface area contributed by atoms with E-state index >= 15 is 0 Å². The molecule has 22 heavy (non-hydrogen) atoms. The predicted molar refractivity (Wildman–Crippen MR) is 89.3 cm³/mol. The fourth-order valence-electron chi connectivity index (χ4n) is 1.73. The molecule has 0 spiro atoms. The molecule has 2 aromatic rings. The molecule has 2 rings (SSSR count). The van der Waals surface area contributed by atoms with E-state index in [1.54, 1.807) is 6.92 Å². The largest absolute Gasteiger partial charge is 0.414 e. The smallest absolute Gasteiger partial charge is 0.277 e. The predicted octanol–water partition coefficient (Wildman–Crippen LogP) is 2.80. The molecule has 1 atom stereocenters. The number of nitrogens with one attached hydrogen (secondary N) is 1. The molecule has 1 amide bonds. The van der Waals surface area contributed by atoms with Gasteiger partial charge in [0.05, 0.1) is 11.8 Å². The lowest BCUT2D eigenvalue weighted by Gasteiger charge is -2.08. The normalized spacial score (nSPS) is 11.6. The van der Waals surface area contributed by atoms with Crippen LogP contribution in [-0.4, -0.2) is 21.9 Å². The van der Waals surface area contributed by atoms with Crippen molar-refractivity contribution < 1.29 is 9.21 Å². The van der Waals surface area contributed by atoms with Crippen LogP contribution < -0.4 is 11.1 Å². The number of benzene rings is 1. The van der Waals surface area contributed by atoms with Gasteiger partial charge < -0.3 is 15.5 Å². The van der Waals surface area contributed by atoms with E-state index in [0.29, 0.717) is 11.1 Å². The number of halogens is 1. The number of carbonyl (C=O) groups is 1. The Hall–Kier alpha value is -1.57. The molecule has 0 aliphatic carbocycles. The zero-order valence-electron chi connectivity index (χ0n) is 12.4. The number of nitrogens with zero attached hydrogens (tertiary/aromatic N) is 2. The Labute approximate surface area is 139 Å². The molecule has 0 radical (unpaired) electrons. The number of amides is 1. The quantitative estimate of drug-likeness (QED) is 0.784. The lowest BCUT2D eigenvalue weighted by atomic mass is 10.1. The van der Waals surface area contributed by atoms with Crippen molar-refractivity contribution in [2.45, 2.75) is 31.5 Å². The van der Waals surface area contributed by atoms with Crippen molar-refractivity contribution in [3.05, 3.63) is 35.7 Å². The van der Waals surface area contributed by atoms with Crippen molar-refractivity contribution in [1.29, 1.82) is 0 Å². The first-order valence-electron chi connectivity index (χ1n) is 6.69. The van der Waals surface area contributed by atoms with E-state index in [0.717, 1.165) is 17.7 Å². The molecular weight excluding hydrogens is 324 g/mol. The highest BCUT2D eigenvalue weighted by atomic mass is 35.5. The summed E-state index contributed by atoms with van der Waals surface area (Å²) in [4.78, 5) is 11.9. The molecule has 1 aromatic heterocycles. The number of hydrogen-bond donors (Lipinski definition) is 2. The maximum atomic E-state index is 11.9. The summed E-state index contributed by atoms with van der Waals surface area (Å²) < 4.78 is 5.33. The zero-order chi connectivity index (χ0) is 15.2. The van der Waals surface area contributed by atoms with Crippen molar-refractivity contribution >= 4 is 35.8 Å². The topological polar surface area (TPSA) is 94.0 Å². The number of hydrogen-bond acceptors (Lipinski definition) is 6. The molecule has 1 aromatic carbocycles. The third kappa shape index (κ3) is 5.01. The molecule has 1 heterocycles. The average Bonchev–Trinajstić information content (AvgIpc) is 2.95. The molecule has 3 N–H and O–H groups in total. The van der Waals surface area contributed by atoms with Crippen LogP contribution in [0.5, 0.6) is 0 Å². The second-order valence-electron chi connectivity index (χ2n) is 4.54. The van der Waals surface area contributed by atoms with Gasteiger partial charge in [-0.25, -0.2) is 0 Å². The summed E-state index contributed by atoms with van der Waals surface area (Å²) in [6.45, 7) is 3.81. The number of aryl methyl sites for hydroxylation is 1. The fourth-order valence-corrected chi connectivity index (χ4v) is 2.30. The first-order valence-corrected chi connectivity index (χ1v) is 7.68. The van der Waals surface area contributed by atoms with E-state index in [2.05, 4.69) is 15.5 Å². The van der Waals surface area contributed by atoms with Crippen molar-refractivity contribution in [2.75, 3.05) is 11.1 Å². The molecule has 120 valence electrons. The van der Waals surface area contributed by atoms with Gasteiger partial charge in [0.1, 0.15) is 0 Å². The molecule has 0 aliphatic heterocycles. The van der Waals surface area contributed by atoms with Gasteiger partial charge in [0.25, 0.3) is 5.22 Å². The van der Waals surface area contributed by atoms with Gasteiger partial charge in [0.15, 0.2) is 0 Å². The number of rotatable bonds is 6. The van der Waals surface area contributed by atoms with E-state index in [-0.39, 0.29) is 30.1 Å². The van der Waals surface area contributed by atoms with Crippen LogP contribution in [0.3, 0.4) is 0 Å². The van der Waals surface area contributed by atoms with Crippen LogP contribution in [0, 0.1) is 0 Å². The SMILES string of the molecule is CCc1ccccc1NC(=O)CSc1nnc(C(C)N)o1.Cl. The summed E-state index contributed by atoms with van der Waals surface area (Å²) in [7, 11) is 0. The van der Waals surface area contributed by atoms with Crippen LogP contribution in [0.2, 0.25) is 0 Å². The summed E-state index contributed by atoms with van der Waals surface area (Å²) in [5.41, 5.74) is 7.58. The van der Waals surface area contributed by atoms with Gasteiger partial charge in [0.2, 0.25) is 11.8 Å². The van der Waals surface area contributed by atoms with Gasteiger partial charge in [-0.2, -0.15) is 0 Å². The highest BCUT2D eigenvalue weighted by molar-refractivity contribution is 7.99. The van der Waals surface area contributed by atoms with Crippen molar-refractivity contribution in [1.82, 2.24) is 10.2 Å². The van der Waals surface area contributed by atoms with Gasteiger partial charge in [-0.3, -0.25) is 4.79 Å². The maximum Gasteiger partial charge on any atom is 0.277 e. The van der Waals surface area contributed by atoms with Crippen molar-refractivity contribution in [3.8, 4) is 0 Å². The number of carbonyl (C=O) groups excluding carboxylic acids is 1. The average molecular weight is 343 g/mol. The van der Waals surface area contributed by atoms with E-state index in [4.69, 9.17) is 10.2 Å². The molecule has 0 saturated carbocycles. The summed E-state index contributed by atoms with van der Waals surface area (Å²) in [5, 5.41) is 10.9. The first-order chi connectivity index (χ1) is 10.1. The van der Waals surface area contributed by atoms with Crippen LogP contribution in [0.1, 0.15) is 31.3 Å². The first kappa shape index (κ1) is 18.5. The Bertz CT molecular complexity index is 618. The number of anilines is 1. The standard InChI is InChI=1S/C14H18N4O2S.ClH/c1-3-10-6-4-5-7-11(10)16-12(19)8-21-14-18-17-13(20-14)9(2)15;/h4-7,9H,3,8,15H2,1-2H3,(H,16,19);1H. The van der Waals surface area contributed by atoms with Crippen molar-refractivity contribution in [2.24, 2.45) is 5.73 Å². The van der Waals surface area contributed by atoms with E-state index in [9.17, 15) is 4.79 Å². The molecule has 0 saturated heterocycles. The van der Waals surface area contributed by atoms with Gasteiger partial charge in [0, 0.05) is 5.69 Å². The van der Waals surface area contributed by atoms with Gasteiger partial charge in [-0.05, 0) is 25.0 Å². The maximum absolute atomic E-state index is 11.9. The van der Waals surface area contributed by atoms with Crippen LogP contribution >= 0.6 is 24.2 Å². The second kappa shape index (κ2) is 8.77. The van der Waals surface area contributed by atoms with Crippen LogP contribution in [0.4, 0.5) is 5.69 Å². The lowest BCUT2D eigenvalue weighted by molar-refractivity contribution is -0.113. The highest BCUT2D eigenvalue weighted by Gasteiger charge is 2.12. The Morgan fingerprint density at radius 2 is 2.14 bits per heavy atom. The minimum Gasteiger partial charge on any atom is -0.414 e. The zero-order valence-corrected chi connectivity index (χ0v) is 14.0. The molecule has 8 heteroatoms. The van der Waals surface area contributed by atoms with E-state index in [1.165, 1.54) is 11.8 Å². The van der Waals surface area contributed by atoms with Crippen LogP contribution in [0.15, 0.2) is 33.9 Å². The Morgan fingerprint density at radius 3 is 2.77 bits per heavy atom. The van der Waals surface area contributed by atoms with Crippen LogP contribution in [0.25, 0.3) is 0 Å². The Morgan fingerprint density at radius 1 is 1.41 bits per heavy atom. The number of aromatic nitrogens is 2. The lowest BCUT2D eigenvalue weighted by Crippen LogP contribution is -2.15. The van der Waals surface area contributed by atoms with Crippen molar-refractivity contribution in [3.63, 3.8) is 0 Å².